The third kappa shape index (κ3) is 5.18. The van der Waals surface area contributed by atoms with Crippen molar-refractivity contribution in [2.45, 2.75) is 32.4 Å². The molecule has 3 aromatic rings. The van der Waals surface area contributed by atoms with Crippen LogP contribution in [0, 0.1) is 0 Å². The Morgan fingerprint density at radius 3 is 2.50 bits per heavy atom. The Balaban J connectivity index is 1.53. The van der Waals surface area contributed by atoms with Crippen LogP contribution in [-0.2, 0) is 11.3 Å². The quantitative estimate of drug-likeness (QED) is 0.432. The number of nitrogens with zero attached hydrogens (tertiary/aromatic N) is 4. The van der Waals surface area contributed by atoms with Gasteiger partial charge in [0.25, 0.3) is 0 Å². The Labute approximate surface area is 221 Å². The van der Waals surface area contributed by atoms with E-state index in [-0.39, 0.29) is 18.0 Å². The lowest BCUT2D eigenvalue weighted by molar-refractivity contribution is -0.114. The number of benzene rings is 2. The number of nitrogens with one attached hydrogen (secondary N) is 3. The molecule has 3 amide bonds. The fraction of sp³-hybridized carbons (Fsp3) is 0.333. The standard InChI is InChI=1S/C27H31N7O4/c1-17(35)30-23-8-4-5-9-24(23)31-26-29-14-18-16-33(20-11-21(37-2)13-22(12-20)38-3)27(36)34(25(18)32-26)19-7-6-10-28-15-19/h4-5,8-9,11-14,19,28H,6-7,10,15-16H2,1-3H3,(H,30,35)(H,29,31,32). The van der Waals surface area contributed by atoms with Gasteiger partial charge in [-0.05, 0) is 31.5 Å². The summed E-state index contributed by atoms with van der Waals surface area (Å²) in [4.78, 5) is 38.5. The average molecular weight is 518 g/mol. The zero-order chi connectivity index (χ0) is 26.6. The highest BCUT2D eigenvalue weighted by molar-refractivity contribution is 6.06. The number of hydrogen-bond donors (Lipinski definition) is 3. The van der Waals surface area contributed by atoms with E-state index in [0.717, 1.165) is 24.9 Å². The van der Waals surface area contributed by atoms with Crippen LogP contribution in [-0.4, -0.2) is 55.3 Å². The minimum atomic E-state index is -0.179. The summed E-state index contributed by atoms with van der Waals surface area (Å²) in [6, 6.07) is 12.5. The van der Waals surface area contributed by atoms with E-state index in [1.165, 1.54) is 6.92 Å². The van der Waals surface area contributed by atoms with Gasteiger partial charge in [-0.15, -0.1) is 0 Å². The van der Waals surface area contributed by atoms with Crippen LogP contribution < -0.4 is 35.2 Å². The minimum Gasteiger partial charge on any atom is -0.497 e. The molecule has 0 bridgehead atoms. The van der Waals surface area contributed by atoms with Gasteiger partial charge in [-0.3, -0.25) is 14.6 Å². The molecule has 3 heterocycles. The molecule has 38 heavy (non-hydrogen) atoms. The number of piperidine rings is 1. The Hall–Kier alpha value is -4.38. The van der Waals surface area contributed by atoms with Crippen LogP contribution in [0.4, 0.5) is 33.6 Å². The summed E-state index contributed by atoms with van der Waals surface area (Å²) >= 11 is 0. The number of para-hydroxylation sites is 2. The van der Waals surface area contributed by atoms with Crippen molar-refractivity contribution in [1.29, 1.82) is 0 Å². The fourth-order valence-electron chi connectivity index (χ4n) is 4.78. The first-order chi connectivity index (χ1) is 18.5. The number of methoxy groups -OCH3 is 2. The molecule has 1 fully saturated rings. The molecule has 1 atom stereocenters. The number of fused-ring (bicyclic) bond motifs is 1. The first-order valence-electron chi connectivity index (χ1n) is 12.5. The molecule has 11 nitrogen and oxygen atoms in total. The van der Waals surface area contributed by atoms with E-state index in [1.54, 1.807) is 42.3 Å². The normalized spacial score (nSPS) is 17.0. The predicted molar refractivity (Wildman–Crippen MR) is 146 cm³/mol. The molecule has 1 unspecified atom stereocenters. The van der Waals surface area contributed by atoms with Crippen LogP contribution in [0.25, 0.3) is 0 Å². The Kier molecular flexibility index (Phi) is 7.27. The summed E-state index contributed by atoms with van der Waals surface area (Å²) in [6.07, 6.45) is 3.55. The second-order valence-electron chi connectivity index (χ2n) is 9.20. The van der Waals surface area contributed by atoms with E-state index in [1.807, 2.05) is 30.3 Å². The van der Waals surface area contributed by atoms with Gasteiger partial charge in [-0.25, -0.2) is 9.78 Å². The second-order valence-corrected chi connectivity index (χ2v) is 9.20. The van der Waals surface area contributed by atoms with E-state index in [4.69, 9.17) is 14.5 Å². The van der Waals surface area contributed by atoms with Gasteiger partial charge in [0.15, 0.2) is 0 Å². The lowest BCUT2D eigenvalue weighted by Gasteiger charge is -2.41. The molecule has 1 saturated heterocycles. The van der Waals surface area contributed by atoms with Crippen molar-refractivity contribution in [3.05, 3.63) is 54.2 Å². The Morgan fingerprint density at radius 1 is 1.11 bits per heavy atom. The van der Waals surface area contributed by atoms with Crippen molar-refractivity contribution in [2.75, 3.05) is 47.7 Å². The number of aromatic nitrogens is 2. The SMILES string of the molecule is COc1cc(OC)cc(N2Cc3cnc(Nc4ccccc4NC(C)=O)nc3N(C3CCCNC3)C2=O)c1. The predicted octanol–water partition coefficient (Wildman–Crippen LogP) is 3.89. The van der Waals surface area contributed by atoms with Crippen molar-refractivity contribution in [2.24, 2.45) is 0 Å². The first-order valence-corrected chi connectivity index (χ1v) is 12.5. The molecule has 5 rings (SSSR count). The minimum absolute atomic E-state index is 0.0697. The topological polar surface area (TPSA) is 121 Å². The molecule has 2 aliphatic heterocycles. The summed E-state index contributed by atoms with van der Waals surface area (Å²) < 4.78 is 10.9. The van der Waals surface area contributed by atoms with Crippen molar-refractivity contribution < 1.29 is 19.1 Å². The third-order valence-corrected chi connectivity index (χ3v) is 6.60. The molecule has 3 N–H and O–H groups in total. The summed E-state index contributed by atoms with van der Waals surface area (Å²) in [5.74, 6) is 1.92. The maximum absolute atomic E-state index is 14.0. The van der Waals surface area contributed by atoms with Gasteiger partial charge in [0.05, 0.1) is 43.9 Å². The van der Waals surface area contributed by atoms with Gasteiger partial charge in [-0.1, -0.05) is 12.1 Å². The summed E-state index contributed by atoms with van der Waals surface area (Å²) in [5.41, 5.74) is 2.75. The van der Waals surface area contributed by atoms with E-state index in [0.29, 0.717) is 53.4 Å². The summed E-state index contributed by atoms with van der Waals surface area (Å²) in [7, 11) is 3.16. The van der Waals surface area contributed by atoms with Gasteiger partial charge in [-0.2, -0.15) is 4.98 Å². The zero-order valence-electron chi connectivity index (χ0n) is 21.7. The number of hydrogen-bond acceptors (Lipinski definition) is 8. The highest BCUT2D eigenvalue weighted by atomic mass is 16.5. The molecule has 0 aliphatic carbocycles. The van der Waals surface area contributed by atoms with Crippen molar-refractivity contribution in [3.63, 3.8) is 0 Å². The summed E-state index contributed by atoms with van der Waals surface area (Å²) in [6.45, 7) is 3.33. The second kappa shape index (κ2) is 10.9. The lowest BCUT2D eigenvalue weighted by atomic mass is 10.0. The van der Waals surface area contributed by atoms with Gasteiger partial charge < -0.3 is 25.4 Å². The third-order valence-electron chi connectivity index (χ3n) is 6.60. The molecular formula is C27H31N7O4. The van der Waals surface area contributed by atoms with Crippen LogP contribution >= 0.6 is 0 Å². The number of ether oxygens (including phenoxy) is 2. The van der Waals surface area contributed by atoms with Crippen molar-refractivity contribution in [1.82, 2.24) is 15.3 Å². The molecule has 0 saturated carbocycles. The average Bonchev–Trinajstić information content (AvgIpc) is 2.93. The van der Waals surface area contributed by atoms with Gasteiger partial charge in [0.1, 0.15) is 17.3 Å². The number of carbonyl (C=O) groups excluding carboxylic acids is 2. The maximum atomic E-state index is 14.0. The number of urea groups is 1. The van der Waals surface area contributed by atoms with E-state index >= 15 is 0 Å². The van der Waals surface area contributed by atoms with Gasteiger partial charge >= 0.3 is 6.03 Å². The number of rotatable bonds is 7. The van der Waals surface area contributed by atoms with E-state index in [9.17, 15) is 9.59 Å². The molecule has 1 aromatic heterocycles. The van der Waals surface area contributed by atoms with Crippen LogP contribution in [0.5, 0.6) is 11.5 Å². The molecule has 0 radical (unpaired) electrons. The zero-order valence-corrected chi connectivity index (χ0v) is 21.7. The smallest absolute Gasteiger partial charge is 0.330 e. The van der Waals surface area contributed by atoms with Crippen LogP contribution in [0.3, 0.4) is 0 Å². The Morgan fingerprint density at radius 2 is 1.84 bits per heavy atom. The van der Waals surface area contributed by atoms with Crippen LogP contribution in [0.2, 0.25) is 0 Å². The van der Waals surface area contributed by atoms with Gasteiger partial charge in [0, 0.05) is 43.4 Å². The highest BCUT2D eigenvalue weighted by Crippen LogP contribution is 2.37. The highest BCUT2D eigenvalue weighted by Gasteiger charge is 2.38. The first kappa shape index (κ1) is 25.3. The number of amides is 3. The molecular weight excluding hydrogens is 486 g/mol. The van der Waals surface area contributed by atoms with Crippen molar-refractivity contribution >= 4 is 40.8 Å². The molecule has 198 valence electrons. The van der Waals surface area contributed by atoms with E-state index < -0.39 is 0 Å². The van der Waals surface area contributed by atoms with E-state index in [2.05, 4.69) is 20.9 Å². The lowest BCUT2D eigenvalue weighted by Crippen LogP contribution is -2.56. The molecule has 11 heteroatoms. The fourth-order valence-corrected chi connectivity index (χ4v) is 4.78. The number of anilines is 5. The Bertz CT molecular complexity index is 1320. The monoisotopic (exact) mass is 517 g/mol. The van der Waals surface area contributed by atoms with Gasteiger partial charge in [0.2, 0.25) is 11.9 Å². The van der Waals surface area contributed by atoms with Crippen LogP contribution in [0.1, 0.15) is 25.3 Å². The van der Waals surface area contributed by atoms with Crippen LogP contribution in [0.15, 0.2) is 48.7 Å². The molecule has 2 aliphatic rings. The van der Waals surface area contributed by atoms with Crippen molar-refractivity contribution in [3.8, 4) is 11.5 Å². The molecule has 0 spiro atoms. The number of carbonyl (C=O) groups is 2. The molecule has 2 aromatic carbocycles. The summed E-state index contributed by atoms with van der Waals surface area (Å²) in [5, 5.41) is 9.41. The maximum Gasteiger partial charge on any atom is 0.330 e. The largest absolute Gasteiger partial charge is 0.497 e.